The van der Waals surface area contributed by atoms with Crippen LogP contribution in [0.5, 0.6) is 0 Å². The third-order valence-corrected chi connectivity index (χ3v) is 6.52. The maximum atomic E-state index is 12.8. The molecule has 0 aliphatic carbocycles. The summed E-state index contributed by atoms with van der Waals surface area (Å²) in [5.74, 6) is -0.146. The molecule has 0 spiro atoms. The molecular weight excluding hydrogens is 342 g/mol. The Labute approximate surface area is 147 Å². The van der Waals surface area contributed by atoms with Gasteiger partial charge in [0.25, 0.3) is 5.91 Å². The lowest BCUT2D eigenvalue weighted by atomic mass is 10.0. The van der Waals surface area contributed by atoms with Crippen molar-refractivity contribution in [3.8, 4) is 0 Å². The highest BCUT2D eigenvalue weighted by Gasteiger charge is 2.47. The van der Waals surface area contributed by atoms with Gasteiger partial charge in [-0.3, -0.25) is 14.5 Å². The second-order valence-corrected chi connectivity index (χ2v) is 9.08. The van der Waals surface area contributed by atoms with Crippen LogP contribution in [-0.2, 0) is 9.84 Å². The van der Waals surface area contributed by atoms with E-state index in [-0.39, 0.29) is 35.1 Å². The molecule has 2 fully saturated rings. The van der Waals surface area contributed by atoms with Gasteiger partial charge >= 0.3 is 0 Å². The molecule has 1 N–H and O–H groups in total. The van der Waals surface area contributed by atoms with E-state index in [0.717, 1.165) is 0 Å². The summed E-state index contributed by atoms with van der Waals surface area (Å²) >= 11 is 0. The molecule has 136 valence electrons. The molecule has 0 radical (unpaired) electrons. The fourth-order valence-corrected chi connectivity index (χ4v) is 5.52. The Kier molecular flexibility index (Phi) is 4.83. The normalized spacial score (nSPS) is 25.4. The van der Waals surface area contributed by atoms with Gasteiger partial charge in [0.2, 0.25) is 5.56 Å². The molecule has 3 heterocycles. The molecule has 25 heavy (non-hydrogen) atoms. The fourth-order valence-electron chi connectivity index (χ4n) is 3.51. The van der Waals surface area contributed by atoms with E-state index in [4.69, 9.17) is 0 Å². The zero-order valence-electron chi connectivity index (χ0n) is 14.4. The highest BCUT2D eigenvalue weighted by atomic mass is 32.2. The number of piperazine rings is 1. The third kappa shape index (κ3) is 3.85. The molecule has 2 aliphatic rings. The molecule has 0 unspecified atom stereocenters. The van der Waals surface area contributed by atoms with Crippen LogP contribution < -0.4 is 5.56 Å². The van der Waals surface area contributed by atoms with Crippen LogP contribution in [0.4, 0.5) is 0 Å². The first kappa shape index (κ1) is 17.9. The first-order chi connectivity index (χ1) is 11.8. The zero-order chi connectivity index (χ0) is 18.2. The summed E-state index contributed by atoms with van der Waals surface area (Å²) in [6, 6.07) is 2.26. The van der Waals surface area contributed by atoms with Crippen LogP contribution >= 0.6 is 0 Å². The molecule has 8 heteroatoms. The lowest BCUT2D eigenvalue weighted by molar-refractivity contribution is 0.0368. The molecule has 2 atom stereocenters. The van der Waals surface area contributed by atoms with Gasteiger partial charge in [0.15, 0.2) is 9.84 Å². The number of H-pyrrole nitrogens is 1. The second kappa shape index (κ2) is 6.76. The van der Waals surface area contributed by atoms with Crippen LogP contribution in [-0.4, -0.2) is 72.3 Å². The summed E-state index contributed by atoms with van der Waals surface area (Å²) in [5.41, 5.74) is 1.29. The minimum absolute atomic E-state index is 0.00190. The van der Waals surface area contributed by atoms with E-state index >= 15 is 0 Å². The molecule has 1 aromatic heterocycles. The highest BCUT2D eigenvalue weighted by molar-refractivity contribution is 7.91. The number of amides is 1. The van der Waals surface area contributed by atoms with Crippen molar-refractivity contribution in [1.82, 2.24) is 14.8 Å². The van der Waals surface area contributed by atoms with E-state index in [1.165, 1.54) is 23.9 Å². The van der Waals surface area contributed by atoms with Crippen LogP contribution in [0.15, 0.2) is 34.8 Å². The minimum Gasteiger partial charge on any atom is -0.332 e. The van der Waals surface area contributed by atoms with Gasteiger partial charge in [-0.25, -0.2) is 8.42 Å². The molecule has 0 bridgehead atoms. The Hall–Kier alpha value is -1.93. The smallest absolute Gasteiger partial charge is 0.255 e. The summed E-state index contributed by atoms with van der Waals surface area (Å²) < 4.78 is 24.4. The van der Waals surface area contributed by atoms with Crippen LogP contribution in [0.1, 0.15) is 24.2 Å². The number of hydrogen-bond donors (Lipinski definition) is 1. The number of pyridine rings is 1. The molecule has 0 saturated carbocycles. The van der Waals surface area contributed by atoms with Gasteiger partial charge in [-0.2, -0.15) is 0 Å². The third-order valence-electron chi connectivity index (χ3n) is 4.82. The summed E-state index contributed by atoms with van der Waals surface area (Å²) in [6.07, 6.45) is 3.47. The average Bonchev–Trinajstić information content (AvgIpc) is 2.87. The number of hydrogen-bond acceptors (Lipinski definition) is 5. The predicted octanol–water partition coefficient (Wildman–Crippen LogP) is 0.265. The Morgan fingerprint density at radius 2 is 1.96 bits per heavy atom. The topological polar surface area (TPSA) is 90.6 Å². The number of aromatic nitrogens is 1. The molecule has 0 aromatic carbocycles. The zero-order valence-corrected chi connectivity index (χ0v) is 15.3. The molecule has 7 nitrogen and oxygen atoms in total. The number of allylic oxidation sites excluding steroid dienone is 1. The van der Waals surface area contributed by atoms with Crippen molar-refractivity contribution >= 4 is 15.7 Å². The SMILES string of the molecule is CC(C)=CCN1CCN(C(=O)c2ccc(=O)[nH]c2)[C@H]2CS(=O)(=O)C[C@H]21. The number of aromatic amines is 1. The van der Waals surface area contributed by atoms with Crippen molar-refractivity contribution in [3.05, 3.63) is 45.9 Å². The van der Waals surface area contributed by atoms with E-state index < -0.39 is 9.84 Å². The van der Waals surface area contributed by atoms with E-state index in [9.17, 15) is 18.0 Å². The summed E-state index contributed by atoms with van der Waals surface area (Å²) in [4.78, 5) is 30.3. The standard InChI is InChI=1S/C17H23N3O4S/c1-12(2)5-6-19-7-8-20(15-11-25(23,24)10-14(15)19)17(22)13-3-4-16(21)18-9-13/h3-5,9,14-15H,6-8,10-11H2,1-2H3,(H,18,21)/t14-,15+/m1/s1. The van der Waals surface area contributed by atoms with Gasteiger partial charge in [-0.05, 0) is 19.9 Å². The van der Waals surface area contributed by atoms with Crippen LogP contribution in [0.3, 0.4) is 0 Å². The molecule has 2 aliphatic heterocycles. The number of rotatable bonds is 3. The number of nitrogens with one attached hydrogen (secondary N) is 1. The number of carbonyl (C=O) groups is 1. The molecule has 2 saturated heterocycles. The first-order valence-corrected chi connectivity index (χ1v) is 10.2. The number of nitrogens with zero attached hydrogens (tertiary/aromatic N) is 2. The van der Waals surface area contributed by atoms with Gasteiger partial charge in [0.1, 0.15) is 0 Å². The van der Waals surface area contributed by atoms with E-state index in [1.807, 2.05) is 13.8 Å². The molecular formula is C17H23N3O4S. The fraction of sp³-hybridized carbons (Fsp3) is 0.529. The Bertz CT molecular complexity index is 834. The summed E-state index contributed by atoms with van der Waals surface area (Å²) in [7, 11) is -3.17. The number of sulfone groups is 1. The van der Waals surface area contributed by atoms with Crippen LogP contribution in [0.25, 0.3) is 0 Å². The summed E-state index contributed by atoms with van der Waals surface area (Å²) in [6.45, 7) is 5.83. The maximum absolute atomic E-state index is 12.8. The predicted molar refractivity (Wildman–Crippen MR) is 95.3 cm³/mol. The minimum atomic E-state index is -3.17. The highest BCUT2D eigenvalue weighted by Crippen LogP contribution is 2.28. The van der Waals surface area contributed by atoms with Gasteiger partial charge in [-0.15, -0.1) is 0 Å². The molecule has 3 rings (SSSR count). The maximum Gasteiger partial charge on any atom is 0.255 e. The Morgan fingerprint density at radius 1 is 1.24 bits per heavy atom. The van der Waals surface area contributed by atoms with Crippen molar-refractivity contribution in [2.75, 3.05) is 31.1 Å². The number of fused-ring (bicyclic) bond motifs is 1. The van der Waals surface area contributed by atoms with Gasteiger partial charge < -0.3 is 9.88 Å². The Balaban J connectivity index is 1.85. The van der Waals surface area contributed by atoms with Crippen LogP contribution in [0.2, 0.25) is 0 Å². The van der Waals surface area contributed by atoms with Gasteiger partial charge in [0, 0.05) is 37.9 Å². The van der Waals surface area contributed by atoms with Crippen molar-refractivity contribution in [3.63, 3.8) is 0 Å². The quantitative estimate of drug-likeness (QED) is 0.776. The molecule has 1 amide bonds. The lowest BCUT2D eigenvalue weighted by Gasteiger charge is -2.43. The van der Waals surface area contributed by atoms with E-state index in [2.05, 4.69) is 16.0 Å². The second-order valence-electron chi connectivity index (χ2n) is 6.93. The number of carbonyl (C=O) groups excluding carboxylic acids is 1. The molecule has 1 aromatic rings. The lowest BCUT2D eigenvalue weighted by Crippen LogP contribution is -2.60. The Morgan fingerprint density at radius 3 is 2.60 bits per heavy atom. The largest absolute Gasteiger partial charge is 0.332 e. The van der Waals surface area contributed by atoms with Crippen LogP contribution in [0, 0.1) is 0 Å². The average molecular weight is 365 g/mol. The summed E-state index contributed by atoms with van der Waals surface area (Å²) in [5, 5.41) is 0. The van der Waals surface area contributed by atoms with Crippen molar-refractivity contribution in [2.45, 2.75) is 25.9 Å². The van der Waals surface area contributed by atoms with Gasteiger partial charge in [-0.1, -0.05) is 11.6 Å². The monoisotopic (exact) mass is 365 g/mol. The van der Waals surface area contributed by atoms with Crippen molar-refractivity contribution in [2.24, 2.45) is 0 Å². The first-order valence-electron chi connectivity index (χ1n) is 8.34. The van der Waals surface area contributed by atoms with Crippen molar-refractivity contribution in [1.29, 1.82) is 0 Å². The van der Waals surface area contributed by atoms with Gasteiger partial charge in [0.05, 0.1) is 23.1 Å². The van der Waals surface area contributed by atoms with E-state index in [1.54, 1.807) is 4.90 Å². The van der Waals surface area contributed by atoms with Crippen molar-refractivity contribution < 1.29 is 13.2 Å². The van der Waals surface area contributed by atoms with E-state index in [0.29, 0.717) is 25.2 Å².